The predicted octanol–water partition coefficient (Wildman–Crippen LogP) is 5.06. The van der Waals surface area contributed by atoms with E-state index in [1.165, 1.54) is 62.6 Å². The summed E-state index contributed by atoms with van der Waals surface area (Å²) >= 11 is 0. The van der Waals surface area contributed by atoms with Gasteiger partial charge >= 0.3 is 5.97 Å². The van der Waals surface area contributed by atoms with E-state index in [4.69, 9.17) is 30.9 Å². The highest BCUT2D eigenvalue weighted by molar-refractivity contribution is 5.83. The first-order valence-corrected chi connectivity index (χ1v) is 16.2. The molecule has 6 rings (SSSR count). The third-order valence-electron chi connectivity index (χ3n) is 8.29. The number of pyridine rings is 2. The SMILES string of the molecule is O=C(O)[C@H]1CC1c1ccc(F)cc1.[2H]C([2H])(C)Oc1ccc([C@@H](N)CO)cn1.[2H]C([2H])(C)Oc1ccc([C@H](CO)NC(=O)[C@H]2C[C@@H]2c2ccc(F)cc2)cn1. The maximum Gasteiger partial charge on any atom is 0.307 e. The first kappa shape index (κ1) is 33.2. The van der Waals surface area contributed by atoms with Gasteiger partial charge in [0.15, 0.2) is 0 Å². The quantitative estimate of drug-likeness (QED) is 0.126. The molecule has 0 aliphatic heterocycles. The summed E-state index contributed by atoms with van der Waals surface area (Å²) < 4.78 is 64.5. The zero-order chi connectivity index (χ0) is 40.5. The third-order valence-corrected chi connectivity index (χ3v) is 8.29. The second-order valence-electron chi connectivity index (χ2n) is 11.8. The Hall–Kier alpha value is -4.98. The minimum atomic E-state index is -1.85. The van der Waals surface area contributed by atoms with Gasteiger partial charge in [0.05, 0.1) is 49.8 Å². The number of carbonyl (C=O) groups excluding carboxylic acids is 1. The molecular weight excluding hydrogens is 662 g/mol. The summed E-state index contributed by atoms with van der Waals surface area (Å²) in [7, 11) is 0. The molecule has 2 aromatic carbocycles. The molecule has 1 unspecified atom stereocenters. The van der Waals surface area contributed by atoms with Gasteiger partial charge in [-0.1, -0.05) is 30.3 Å². The van der Waals surface area contributed by atoms with E-state index in [0.29, 0.717) is 24.0 Å². The number of nitrogens with zero attached hydrogens (tertiary/aromatic N) is 2. The standard InChI is InChI=1S/C19H21FN2O3.C10H9FO2.C9H14N2O2/c1-2-25-18-8-5-13(10-21-18)17(11-23)22-19(24)16-9-15(16)12-3-6-14(20)7-4-12;11-7-3-1-6(2-4-7)8-5-9(8)10(12)13;1-2-13-9-4-3-7(5-11-9)8(10)6-12/h3-8,10,15-17,23H,2,9,11H2,1H3,(H,22,24);1-4,8-9H,5H2,(H,12,13);3-5,8,12H,2,6,10H2,1H3/t15-,16+,17+;8?,9-;8-/m100/s1/i2D2;;2D2. The number of carbonyl (C=O) groups is 2. The summed E-state index contributed by atoms with van der Waals surface area (Å²) in [5.41, 5.74) is 8.69. The van der Waals surface area contributed by atoms with Crippen LogP contribution in [0.5, 0.6) is 11.8 Å². The van der Waals surface area contributed by atoms with Crippen molar-refractivity contribution >= 4 is 11.9 Å². The second-order valence-corrected chi connectivity index (χ2v) is 11.8. The van der Waals surface area contributed by atoms with Crippen LogP contribution in [-0.4, -0.2) is 63.5 Å². The summed E-state index contributed by atoms with van der Waals surface area (Å²) in [6.07, 6.45) is 4.27. The molecule has 2 saturated carbocycles. The summed E-state index contributed by atoms with van der Waals surface area (Å²) in [5, 5.41) is 29.9. The average Bonchev–Trinajstić information content (AvgIpc) is 4.06. The maximum absolute atomic E-state index is 13.0. The molecular formula is C38H44F2N4O7. The summed E-state index contributed by atoms with van der Waals surface area (Å²) in [5.74, 6) is -1.51. The molecule has 4 aromatic rings. The van der Waals surface area contributed by atoms with Crippen LogP contribution in [0, 0.1) is 23.5 Å². The van der Waals surface area contributed by atoms with Crippen molar-refractivity contribution in [1.29, 1.82) is 0 Å². The molecule has 1 amide bonds. The molecule has 11 nitrogen and oxygen atoms in total. The highest BCUT2D eigenvalue weighted by Gasteiger charge is 2.45. The lowest BCUT2D eigenvalue weighted by Crippen LogP contribution is -2.32. The first-order valence-electron chi connectivity index (χ1n) is 18.2. The number of aliphatic hydroxyl groups excluding tert-OH is 2. The summed E-state index contributed by atoms with van der Waals surface area (Å²) in [4.78, 5) is 30.9. The topological polar surface area (TPSA) is 177 Å². The molecule has 2 aliphatic carbocycles. The third kappa shape index (κ3) is 11.5. The van der Waals surface area contributed by atoms with Crippen molar-refractivity contribution in [2.24, 2.45) is 17.6 Å². The molecule has 13 heteroatoms. The molecule has 6 atom stereocenters. The molecule has 51 heavy (non-hydrogen) atoms. The number of aliphatic hydroxyl groups is 2. The van der Waals surface area contributed by atoms with Crippen LogP contribution in [0.3, 0.4) is 0 Å². The lowest BCUT2D eigenvalue weighted by atomic mass is 10.1. The van der Waals surface area contributed by atoms with E-state index < -0.39 is 31.2 Å². The molecule has 2 aliphatic rings. The number of carboxylic acids is 1. The van der Waals surface area contributed by atoms with Gasteiger partial charge in [0.25, 0.3) is 0 Å². The molecule has 0 bridgehead atoms. The average molecular weight is 711 g/mol. The Morgan fingerprint density at radius 3 is 1.67 bits per heavy atom. The number of hydrogen-bond acceptors (Lipinski definition) is 9. The van der Waals surface area contributed by atoms with Gasteiger partial charge in [0, 0.05) is 30.4 Å². The lowest BCUT2D eigenvalue weighted by molar-refractivity contribution is -0.138. The van der Waals surface area contributed by atoms with Gasteiger partial charge in [-0.25, -0.2) is 18.7 Å². The summed E-state index contributed by atoms with van der Waals surface area (Å²) in [6, 6.07) is 17.4. The predicted molar refractivity (Wildman–Crippen MR) is 185 cm³/mol. The Bertz CT molecular complexity index is 1850. The number of carboxylic acid groups (broad SMARTS) is 1. The van der Waals surface area contributed by atoms with Gasteiger partial charge in [-0.15, -0.1) is 0 Å². The number of nitrogens with two attached hydrogens (primary N) is 1. The Morgan fingerprint density at radius 2 is 1.27 bits per heavy atom. The van der Waals surface area contributed by atoms with Crippen LogP contribution in [0.25, 0.3) is 0 Å². The van der Waals surface area contributed by atoms with Crippen LogP contribution in [-0.2, 0) is 9.59 Å². The normalized spacial score (nSPS) is 21.2. The van der Waals surface area contributed by atoms with E-state index in [1.54, 1.807) is 36.4 Å². The zero-order valence-electron chi connectivity index (χ0n) is 32.1. The van der Waals surface area contributed by atoms with Crippen LogP contribution >= 0.6 is 0 Å². The molecule has 0 spiro atoms. The Labute approximate surface area is 301 Å². The Kier molecular flexibility index (Phi) is 12.3. The van der Waals surface area contributed by atoms with Crippen LogP contribution in [0.4, 0.5) is 8.78 Å². The van der Waals surface area contributed by atoms with E-state index in [-0.39, 0.29) is 66.2 Å². The highest BCUT2D eigenvalue weighted by atomic mass is 19.1. The summed E-state index contributed by atoms with van der Waals surface area (Å²) in [6.45, 7) is -1.49. The Balaban J connectivity index is 0.000000202. The molecule has 2 fully saturated rings. The molecule has 2 heterocycles. The maximum atomic E-state index is 13.0. The number of rotatable bonds is 13. The fourth-order valence-corrected chi connectivity index (χ4v) is 5.27. The van der Waals surface area contributed by atoms with Gasteiger partial charge in [0.1, 0.15) is 11.6 Å². The molecule has 0 radical (unpaired) electrons. The van der Waals surface area contributed by atoms with Gasteiger partial charge in [-0.05, 0) is 91.1 Å². The van der Waals surface area contributed by atoms with Crippen molar-refractivity contribution < 1.29 is 48.6 Å². The van der Waals surface area contributed by atoms with Crippen LogP contribution < -0.4 is 20.5 Å². The van der Waals surface area contributed by atoms with Crippen molar-refractivity contribution in [1.82, 2.24) is 15.3 Å². The number of ether oxygens (including phenoxy) is 2. The van der Waals surface area contributed by atoms with E-state index in [1.807, 2.05) is 0 Å². The van der Waals surface area contributed by atoms with Crippen molar-refractivity contribution in [2.75, 3.05) is 26.3 Å². The van der Waals surface area contributed by atoms with Crippen molar-refractivity contribution in [2.45, 2.75) is 50.6 Å². The fourth-order valence-electron chi connectivity index (χ4n) is 5.27. The number of halogens is 2. The first-order chi connectivity index (χ1) is 25.9. The second kappa shape index (κ2) is 18.9. The van der Waals surface area contributed by atoms with E-state index in [2.05, 4.69) is 15.3 Å². The number of amides is 1. The van der Waals surface area contributed by atoms with Gasteiger partial charge in [-0.2, -0.15) is 0 Å². The van der Waals surface area contributed by atoms with Crippen molar-refractivity contribution in [3.8, 4) is 11.8 Å². The number of aliphatic carboxylic acids is 1. The van der Waals surface area contributed by atoms with E-state index in [9.17, 15) is 23.5 Å². The van der Waals surface area contributed by atoms with Crippen LogP contribution in [0.15, 0.2) is 85.2 Å². The monoisotopic (exact) mass is 710 g/mol. The highest BCUT2D eigenvalue weighted by Crippen LogP contribution is 2.48. The van der Waals surface area contributed by atoms with E-state index in [0.717, 1.165) is 11.1 Å². The van der Waals surface area contributed by atoms with E-state index >= 15 is 0 Å². The van der Waals surface area contributed by atoms with Crippen molar-refractivity contribution in [3.05, 3.63) is 119 Å². The fraction of sp³-hybridized carbons (Fsp3) is 0.368. The molecule has 0 saturated heterocycles. The lowest BCUT2D eigenvalue weighted by Gasteiger charge is -2.17. The minimum absolute atomic E-state index is 0.0608. The molecule has 272 valence electrons. The number of aromatic nitrogens is 2. The minimum Gasteiger partial charge on any atom is -0.481 e. The Morgan fingerprint density at radius 1 is 0.804 bits per heavy atom. The van der Waals surface area contributed by atoms with Crippen LogP contribution in [0.2, 0.25) is 0 Å². The van der Waals surface area contributed by atoms with Gasteiger partial charge in [0.2, 0.25) is 17.7 Å². The molecule has 2 aromatic heterocycles. The largest absolute Gasteiger partial charge is 0.481 e. The number of hydrogen-bond donors (Lipinski definition) is 5. The van der Waals surface area contributed by atoms with Gasteiger partial charge in [-0.3, -0.25) is 9.59 Å². The van der Waals surface area contributed by atoms with Gasteiger partial charge < -0.3 is 35.8 Å². The molecule has 6 N–H and O–H groups in total. The smallest absolute Gasteiger partial charge is 0.307 e. The van der Waals surface area contributed by atoms with Crippen LogP contribution in [0.1, 0.15) is 78.3 Å². The number of nitrogens with one attached hydrogen (secondary N) is 1. The zero-order valence-corrected chi connectivity index (χ0v) is 28.1. The van der Waals surface area contributed by atoms with Crippen molar-refractivity contribution in [3.63, 3.8) is 0 Å². The number of benzene rings is 2.